The first-order chi connectivity index (χ1) is 11.9. The topological polar surface area (TPSA) is 93.1 Å². The molecule has 0 spiro atoms. The van der Waals surface area contributed by atoms with E-state index in [1.807, 2.05) is 0 Å². The van der Waals surface area contributed by atoms with Crippen molar-refractivity contribution in [2.45, 2.75) is 13.2 Å². The fourth-order valence-electron chi connectivity index (χ4n) is 1.99. The quantitative estimate of drug-likeness (QED) is 0.347. The Morgan fingerprint density at radius 1 is 1.16 bits per heavy atom. The van der Waals surface area contributed by atoms with Crippen LogP contribution in [-0.2, 0) is 9.53 Å². The van der Waals surface area contributed by atoms with Gasteiger partial charge in [0.05, 0.1) is 5.56 Å². The number of rotatable bonds is 7. The zero-order valence-electron chi connectivity index (χ0n) is 13.6. The van der Waals surface area contributed by atoms with Crippen molar-refractivity contribution < 1.29 is 29.3 Å². The predicted octanol–water partition coefficient (Wildman–Crippen LogP) is 2.44. The van der Waals surface area contributed by atoms with E-state index in [-0.39, 0.29) is 28.4 Å². The van der Waals surface area contributed by atoms with Crippen molar-refractivity contribution in [3.05, 3.63) is 71.8 Å². The fourth-order valence-corrected chi connectivity index (χ4v) is 1.99. The van der Waals surface area contributed by atoms with E-state index in [4.69, 9.17) is 9.47 Å². The second-order valence-corrected chi connectivity index (χ2v) is 5.29. The van der Waals surface area contributed by atoms with Crippen LogP contribution >= 0.6 is 0 Å². The Morgan fingerprint density at radius 3 is 2.40 bits per heavy atom. The van der Waals surface area contributed by atoms with Gasteiger partial charge in [0, 0.05) is 17.2 Å². The van der Waals surface area contributed by atoms with Crippen molar-refractivity contribution in [3.8, 4) is 11.5 Å². The second kappa shape index (κ2) is 8.12. The van der Waals surface area contributed by atoms with Crippen LogP contribution in [0.4, 0.5) is 0 Å². The van der Waals surface area contributed by atoms with Gasteiger partial charge in [-0.2, -0.15) is 0 Å². The molecule has 0 aromatic heterocycles. The number of aromatic hydroxyl groups is 1. The molecule has 6 heteroatoms. The van der Waals surface area contributed by atoms with Crippen molar-refractivity contribution in [2.24, 2.45) is 0 Å². The van der Waals surface area contributed by atoms with Gasteiger partial charge in [0.25, 0.3) is 6.29 Å². The third kappa shape index (κ3) is 4.68. The van der Waals surface area contributed by atoms with Crippen molar-refractivity contribution >= 4 is 11.8 Å². The molecule has 2 aromatic carbocycles. The number of aliphatic hydroxyl groups is 1. The molecular weight excluding hydrogens is 324 g/mol. The first-order valence-corrected chi connectivity index (χ1v) is 7.49. The number of esters is 1. The van der Waals surface area contributed by atoms with Crippen LogP contribution in [0.3, 0.4) is 0 Å². The molecule has 130 valence electrons. The Labute approximate surface area is 144 Å². The zero-order valence-corrected chi connectivity index (χ0v) is 13.6. The molecule has 0 amide bonds. The number of aliphatic hydroxyl groups excluding tert-OH is 1. The molecule has 2 N–H and O–H groups in total. The largest absolute Gasteiger partial charge is 0.507 e. The van der Waals surface area contributed by atoms with Crippen LogP contribution < -0.4 is 4.74 Å². The summed E-state index contributed by atoms with van der Waals surface area (Å²) >= 11 is 0. The highest BCUT2D eigenvalue weighted by atomic mass is 16.7. The van der Waals surface area contributed by atoms with Crippen LogP contribution in [0.5, 0.6) is 11.5 Å². The number of ketones is 1. The Morgan fingerprint density at radius 2 is 1.84 bits per heavy atom. The van der Waals surface area contributed by atoms with E-state index >= 15 is 0 Å². The van der Waals surface area contributed by atoms with E-state index in [1.165, 1.54) is 25.1 Å². The van der Waals surface area contributed by atoms with Gasteiger partial charge in [-0.1, -0.05) is 36.9 Å². The van der Waals surface area contributed by atoms with Gasteiger partial charge in [-0.15, -0.1) is 0 Å². The predicted molar refractivity (Wildman–Crippen MR) is 90.4 cm³/mol. The smallest absolute Gasteiger partial charge is 0.336 e. The number of phenolic OH excluding ortho intramolecular Hbond substituents is 1. The Kier molecular flexibility index (Phi) is 5.92. The molecule has 1 atom stereocenters. The van der Waals surface area contributed by atoms with E-state index in [0.717, 1.165) is 0 Å². The summed E-state index contributed by atoms with van der Waals surface area (Å²) in [6.45, 7) is 4.32. The molecule has 0 radical (unpaired) electrons. The molecule has 0 aliphatic rings. The van der Waals surface area contributed by atoms with Crippen LogP contribution in [0.25, 0.3) is 0 Å². The summed E-state index contributed by atoms with van der Waals surface area (Å²) in [5, 5.41) is 19.3. The lowest BCUT2D eigenvalue weighted by atomic mass is 10.0. The van der Waals surface area contributed by atoms with Gasteiger partial charge in [-0.3, -0.25) is 4.79 Å². The van der Waals surface area contributed by atoms with Crippen LogP contribution in [0.2, 0.25) is 0 Å². The average molecular weight is 342 g/mol. The standard InChI is InChI=1S/C19H18O6/c1-12(2)19(23)25-17(11-20)24-14-8-9-15(16(21)10-14)18(22)13-6-4-3-5-7-13/h3-10,17,20-21H,1,11H2,2H3. The minimum atomic E-state index is -1.25. The molecule has 6 nitrogen and oxygen atoms in total. The molecule has 0 bridgehead atoms. The zero-order chi connectivity index (χ0) is 18.4. The van der Waals surface area contributed by atoms with E-state index < -0.39 is 18.9 Å². The van der Waals surface area contributed by atoms with Crippen LogP contribution in [0.15, 0.2) is 60.7 Å². The summed E-state index contributed by atoms with van der Waals surface area (Å²) in [4.78, 5) is 23.8. The van der Waals surface area contributed by atoms with Gasteiger partial charge >= 0.3 is 5.97 Å². The molecule has 25 heavy (non-hydrogen) atoms. The maximum atomic E-state index is 12.4. The van der Waals surface area contributed by atoms with E-state index in [9.17, 15) is 19.8 Å². The minimum Gasteiger partial charge on any atom is -0.507 e. The van der Waals surface area contributed by atoms with Gasteiger partial charge in [0.1, 0.15) is 18.1 Å². The second-order valence-electron chi connectivity index (χ2n) is 5.29. The number of phenols is 1. The lowest BCUT2D eigenvalue weighted by Crippen LogP contribution is -2.28. The molecule has 0 fully saturated rings. The first-order valence-electron chi connectivity index (χ1n) is 7.49. The molecule has 0 saturated heterocycles. The minimum absolute atomic E-state index is 0.109. The number of carbonyl (C=O) groups is 2. The first kappa shape index (κ1) is 18.2. The number of benzene rings is 2. The molecule has 1 unspecified atom stereocenters. The number of hydrogen-bond donors (Lipinski definition) is 2. The van der Waals surface area contributed by atoms with Gasteiger partial charge in [-0.25, -0.2) is 4.79 Å². The summed E-state index contributed by atoms with van der Waals surface area (Å²) in [5.74, 6) is -1.19. The van der Waals surface area contributed by atoms with Gasteiger partial charge in [0.2, 0.25) is 0 Å². The molecule has 0 aliphatic heterocycles. The Balaban J connectivity index is 2.14. The number of hydrogen-bond acceptors (Lipinski definition) is 6. The maximum absolute atomic E-state index is 12.4. The summed E-state index contributed by atoms with van der Waals surface area (Å²) in [6, 6.07) is 12.6. The van der Waals surface area contributed by atoms with Crippen molar-refractivity contribution in [1.82, 2.24) is 0 Å². The fraction of sp³-hybridized carbons (Fsp3) is 0.158. The van der Waals surface area contributed by atoms with Crippen LogP contribution in [-0.4, -0.2) is 34.9 Å². The normalized spacial score (nSPS) is 11.4. The van der Waals surface area contributed by atoms with Gasteiger partial charge < -0.3 is 19.7 Å². The van der Waals surface area contributed by atoms with Crippen molar-refractivity contribution in [1.29, 1.82) is 0 Å². The lowest BCUT2D eigenvalue weighted by Gasteiger charge is -2.17. The molecule has 2 rings (SSSR count). The summed E-state index contributed by atoms with van der Waals surface area (Å²) < 4.78 is 10.2. The van der Waals surface area contributed by atoms with E-state index in [2.05, 4.69) is 6.58 Å². The highest BCUT2D eigenvalue weighted by Crippen LogP contribution is 2.26. The molecular formula is C19H18O6. The van der Waals surface area contributed by atoms with Crippen LogP contribution in [0.1, 0.15) is 22.8 Å². The summed E-state index contributed by atoms with van der Waals surface area (Å²) in [7, 11) is 0. The Bertz CT molecular complexity index is 782. The van der Waals surface area contributed by atoms with E-state index in [0.29, 0.717) is 5.56 Å². The molecule has 0 saturated carbocycles. The summed E-state index contributed by atoms with van der Waals surface area (Å²) in [6.07, 6.45) is -1.25. The van der Waals surface area contributed by atoms with Crippen LogP contribution in [0, 0.1) is 0 Å². The third-order valence-electron chi connectivity index (χ3n) is 3.25. The number of ether oxygens (including phenoxy) is 2. The molecule has 0 heterocycles. The van der Waals surface area contributed by atoms with E-state index in [1.54, 1.807) is 30.3 Å². The highest BCUT2D eigenvalue weighted by molar-refractivity contribution is 6.10. The number of carbonyl (C=O) groups excluding carboxylic acids is 2. The van der Waals surface area contributed by atoms with Gasteiger partial charge in [-0.05, 0) is 19.1 Å². The SMILES string of the molecule is C=C(C)C(=O)OC(CO)Oc1ccc(C(=O)c2ccccc2)c(O)c1. The third-order valence-corrected chi connectivity index (χ3v) is 3.25. The highest BCUT2D eigenvalue weighted by Gasteiger charge is 2.18. The molecule has 0 aliphatic carbocycles. The van der Waals surface area contributed by atoms with Crippen molar-refractivity contribution in [3.63, 3.8) is 0 Å². The van der Waals surface area contributed by atoms with Crippen molar-refractivity contribution in [2.75, 3.05) is 6.61 Å². The average Bonchev–Trinajstić information content (AvgIpc) is 2.61. The Hall–Kier alpha value is -3.12. The lowest BCUT2D eigenvalue weighted by molar-refractivity contribution is -0.163. The summed E-state index contributed by atoms with van der Waals surface area (Å²) in [5.41, 5.74) is 0.710. The van der Waals surface area contributed by atoms with Gasteiger partial charge in [0.15, 0.2) is 5.78 Å². The monoisotopic (exact) mass is 342 g/mol. The molecule has 2 aromatic rings. The maximum Gasteiger partial charge on any atom is 0.336 e.